The molecule has 0 amide bonds. The Bertz CT molecular complexity index is 886. The summed E-state index contributed by atoms with van der Waals surface area (Å²) in [5, 5.41) is 0. The van der Waals surface area contributed by atoms with Gasteiger partial charge in [0.2, 0.25) is 0 Å². The summed E-state index contributed by atoms with van der Waals surface area (Å²) in [6, 6.07) is 3.83. The van der Waals surface area contributed by atoms with Gasteiger partial charge in [0, 0.05) is 12.1 Å². The molecule has 170 valence electrons. The molecule has 0 aliphatic heterocycles. The number of alkyl halides is 4. The molecule has 0 heterocycles. The molecule has 0 atom stereocenters. The van der Waals surface area contributed by atoms with Crippen molar-refractivity contribution in [1.29, 1.82) is 0 Å². The van der Waals surface area contributed by atoms with E-state index in [0.29, 0.717) is 11.5 Å². The van der Waals surface area contributed by atoms with Crippen molar-refractivity contribution in [1.82, 2.24) is 0 Å². The molecule has 2 aromatic rings. The summed E-state index contributed by atoms with van der Waals surface area (Å²) >= 11 is 0. The van der Waals surface area contributed by atoms with E-state index in [1.165, 1.54) is 6.07 Å². The van der Waals surface area contributed by atoms with Crippen LogP contribution in [0.3, 0.4) is 0 Å². The topological polar surface area (TPSA) is 18.5 Å². The fraction of sp³-hybridized carbons (Fsp3) is 0.455. The van der Waals surface area contributed by atoms with Gasteiger partial charge in [0.25, 0.3) is 0 Å². The number of rotatable bonds is 7. The summed E-state index contributed by atoms with van der Waals surface area (Å²) in [6.07, 6.45) is 0.483. The van der Waals surface area contributed by atoms with E-state index in [1.54, 1.807) is 0 Å². The van der Waals surface area contributed by atoms with Crippen molar-refractivity contribution < 1.29 is 40.2 Å². The van der Waals surface area contributed by atoms with Gasteiger partial charge in [-0.2, -0.15) is 17.6 Å². The Morgan fingerprint density at radius 3 is 2.06 bits per heavy atom. The van der Waals surface area contributed by atoms with Crippen molar-refractivity contribution in [3.63, 3.8) is 0 Å². The number of ether oxygens (including phenoxy) is 2. The predicted molar refractivity (Wildman–Crippen MR) is 98.9 cm³/mol. The molecule has 0 radical (unpaired) electrons. The Morgan fingerprint density at radius 1 is 0.935 bits per heavy atom. The minimum atomic E-state index is -4.26. The Kier molecular flexibility index (Phi) is 7.01. The normalized spacial score (nSPS) is 19.5. The Morgan fingerprint density at radius 2 is 1.55 bits per heavy atom. The van der Waals surface area contributed by atoms with Crippen LogP contribution < -0.4 is 9.47 Å². The Labute approximate surface area is 175 Å². The lowest BCUT2D eigenvalue weighted by Gasteiger charge is -2.28. The molecule has 2 aromatic carbocycles. The van der Waals surface area contributed by atoms with Gasteiger partial charge in [-0.15, -0.1) is 0 Å². The van der Waals surface area contributed by atoms with Crippen LogP contribution in [0.15, 0.2) is 30.3 Å². The summed E-state index contributed by atoms with van der Waals surface area (Å²) in [4.78, 5) is 0. The molecule has 0 bridgehead atoms. The molecule has 3 rings (SSSR count). The zero-order chi connectivity index (χ0) is 22.8. The second kappa shape index (κ2) is 9.36. The fourth-order valence-electron chi connectivity index (χ4n) is 3.93. The van der Waals surface area contributed by atoms with Crippen molar-refractivity contribution in [3.8, 4) is 11.5 Å². The van der Waals surface area contributed by atoms with E-state index in [1.807, 2.05) is 0 Å². The van der Waals surface area contributed by atoms with E-state index >= 15 is 0 Å². The largest absolute Gasteiger partial charge is 0.429 e. The van der Waals surface area contributed by atoms with Gasteiger partial charge in [0.05, 0.1) is 5.56 Å². The van der Waals surface area contributed by atoms with Crippen LogP contribution >= 0.6 is 0 Å². The first-order valence-electron chi connectivity index (χ1n) is 9.91. The van der Waals surface area contributed by atoms with Crippen LogP contribution in [0.1, 0.15) is 56.1 Å². The Hall–Kier alpha value is -2.45. The van der Waals surface area contributed by atoms with Crippen LogP contribution in [0, 0.1) is 23.4 Å². The summed E-state index contributed by atoms with van der Waals surface area (Å²) in [7, 11) is 0. The average molecular weight is 450 g/mol. The lowest BCUT2D eigenvalue weighted by molar-refractivity contribution is -0.187. The van der Waals surface area contributed by atoms with Gasteiger partial charge in [-0.05, 0) is 55.2 Å². The highest BCUT2D eigenvalue weighted by Gasteiger charge is 2.38. The first-order chi connectivity index (χ1) is 14.6. The minimum absolute atomic E-state index is 0.0754. The van der Waals surface area contributed by atoms with Crippen molar-refractivity contribution in [2.24, 2.45) is 5.92 Å². The number of hydrogen-bond donors (Lipinski definition) is 0. The molecule has 0 unspecified atom stereocenters. The summed E-state index contributed by atoms with van der Waals surface area (Å²) in [5.74, 6) is -6.28. The lowest BCUT2D eigenvalue weighted by Crippen LogP contribution is -2.24. The SMILES string of the molecule is CCC1CCC(c2ccc(C(F)(F)Oc3cc(F)c(OC(F)F)c(F)c3)c(F)c2)CC1. The highest BCUT2D eigenvalue weighted by molar-refractivity contribution is 5.36. The van der Waals surface area contributed by atoms with E-state index < -0.39 is 47.2 Å². The predicted octanol–water partition coefficient (Wildman–Crippen LogP) is 7.52. The molecule has 1 aliphatic rings. The third kappa shape index (κ3) is 5.43. The average Bonchev–Trinajstić information content (AvgIpc) is 2.70. The van der Waals surface area contributed by atoms with E-state index in [0.717, 1.165) is 44.2 Å². The van der Waals surface area contributed by atoms with Crippen LogP contribution in [0.4, 0.5) is 30.7 Å². The van der Waals surface area contributed by atoms with Crippen molar-refractivity contribution in [2.45, 2.75) is 57.7 Å². The van der Waals surface area contributed by atoms with Crippen LogP contribution in [0.2, 0.25) is 0 Å². The van der Waals surface area contributed by atoms with Gasteiger partial charge in [0.15, 0.2) is 17.4 Å². The molecule has 0 saturated heterocycles. The molecule has 1 saturated carbocycles. The van der Waals surface area contributed by atoms with Crippen LogP contribution in [-0.2, 0) is 6.11 Å². The van der Waals surface area contributed by atoms with Crippen LogP contribution in [0.5, 0.6) is 11.5 Å². The zero-order valence-electron chi connectivity index (χ0n) is 16.6. The highest BCUT2D eigenvalue weighted by Crippen LogP contribution is 2.40. The molecular weight excluding hydrogens is 429 g/mol. The summed E-state index contributed by atoms with van der Waals surface area (Å²) in [5.41, 5.74) is -0.496. The molecule has 0 spiro atoms. The van der Waals surface area contributed by atoms with Crippen molar-refractivity contribution in [2.75, 3.05) is 0 Å². The second-order valence-electron chi connectivity index (χ2n) is 7.58. The third-order valence-electron chi connectivity index (χ3n) is 5.63. The number of benzene rings is 2. The molecule has 1 aliphatic carbocycles. The van der Waals surface area contributed by atoms with Gasteiger partial charge in [-0.25, -0.2) is 13.2 Å². The first-order valence-corrected chi connectivity index (χ1v) is 9.91. The standard InChI is InChI=1S/C22H21F7O2/c1-2-12-3-5-13(6-4-12)14-7-8-16(17(23)9-14)22(28,29)31-15-10-18(24)20(19(25)11-15)30-21(26)27/h7-13,21H,2-6H2,1H3. The number of hydrogen-bond acceptors (Lipinski definition) is 2. The fourth-order valence-corrected chi connectivity index (χ4v) is 3.93. The Balaban J connectivity index is 1.77. The maximum Gasteiger partial charge on any atom is 0.429 e. The minimum Gasteiger partial charge on any atom is -0.429 e. The van der Waals surface area contributed by atoms with Crippen LogP contribution in [0.25, 0.3) is 0 Å². The van der Waals surface area contributed by atoms with Gasteiger partial charge < -0.3 is 9.47 Å². The first kappa shape index (κ1) is 23.2. The van der Waals surface area contributed by atoms with E-state index in [-0.39, 0.29) is 18.1 Å². The third-order valence-corrected chi connectivity index (χ3v) is 5.63. The van der Waals surface area contributed by atoms with Gasteiger partial charge >= 0.3 is 12.7 Å². The molecule has 31 heavy (non-hydrogen) atoms. The van der Waals surface area contributed by atoms with E-state index in [9.17, 15) is 30.7 Å². The van der Waals surface area contributed by atoms with Crippen molar-refractivity contribution in [3.05, 3.63) is 58.9 Å². The highest BCUT2D eigenvalue weighted by atomic mass is 19.3. The van der Waals surface area contributed by atoms with Gasteiger partial charge in [-0.1, -0.05) is 19.4 Å². The molecular formula is C22H21F7O2. The maximum absolute atomic E-state index is 14.5. The monoisotopic (exact) mass is 450 g/mol. The molecule has 0 aromatic heterocycles. The zero-order valence-corrected chi connectivity index (χ0v) is 16.6. The van der Waals surface area contributed by atoms with E-state index in [4.69, 9.17) is 0 Å². The number of halogens is 7. The van der Waals surface area contributed by atoms with Crippen molar-refractivity contribution >= 4 is 0 Å². The molecule has 9 heteroatoms. The smallest absolute Gasteiger partial charge is 0.429 e. The van der Waals surface area contributed by atoms with Gasteiger partial charge in [0.1, 0.15) is 11.6 Å². The second-order valence-corrected chi connectivity index (χ2v) is 7.58. The maximum atomic E-state index is 14.5. The van der Waals surface area contributed by atoms with E-state index in [2.05, 4.69) is 16.4 Å². The lowest BCUT2D eigenvalue weighted by atomic mass is 9.78. The van der Waals surface area contributed by atoms with Crippen LogP contribution in [-0.4, -0.2) is 6.61 Å². The summed E-state index contributed by atoms with van der Waals surface area (Å²) in [6.45, 7) is -1.40. The molecule has 1 fully saturated rings. The quantitative estimate of drug-likeness (QED) is 0.406. The summed E-state index contributed by atoms with van der Waals surface area (Å²) < 4.78 is 103. The molecule has 0 N–H and O–H groups in total. The molecule has 2 nitrogen and oxygen atoms in total. The van der Waals surface area contributed by atoms with Gasteiger partial charge in [-0.3, -0.25) is 0 Å².